The summed E-state index contributed by atoms with van der Waals surface area (Å²) in [5, 5.41) is 8.06. The molecule has 0 saturated carbocycles. The van der Waals surface area contributed by atoms with Gasteiger partial charge in [-0.25, -0.2) is 4.79 Å². The van der Waals surface area contributed by atoms with Crippen LogP contribution in [0.4, 0.5) is 0 Å². The van der Waals surface area contributed by atoms with Crippen LogP contribution in [0.2, 0.25) is 0 Å². The average Bonchev–Trinajstić information content (AvgIpc) is 1.80. The van der Waals surface area contributed by atoms with Gasteiger partial charge in [0.05, 0.1) is 0 Å². The van der Waals surface area contributed by atoms with Gasteiger partial charge >= 0.3 is 5.97 Å². The lowest BCUT2D eigenvalue weighted by atomic mass is 10.4. The highest BCUT2D eigenvalue weighted by atomic mass is 35.6. The summed E-state index contributed by atoms with van der Waals surface area (Å²) in [4.78, 5) is 20.5. The summed E-state index contributed by atoms with van der Waals surface area (Å²) in [5.41, 5.74) is 0. The number of carbonyl (C=O) groups excluding carboxylic acids is 1. The molecule has 1 N–H and O–H groups in total. The SMILES string of the molecule is O=C(O)/C=C/C(=O)C(Cl)(Cl)Cl. The summed E-state index contributed by atoms with van der Waals surface area (Å²) in [7, 11) is 0. The number of carboxylic acid groups (broad SMARTS) is 1. The van der Waals surface area contributed by atoms with E-state index in [1.54, 1.807) is 0 Å². The lowest BCUT2D eigenvalue weighted by Crippen LogP contribution is -2.15. The first-order valence-electron chi connectivity index (χ1n) is 2.36. The van der Waals surface area contributed by atoms with Crippen LogP contribution in [0.5, 0.6) is 0 Å². The van der Waals surface area contributed by atoms with Crippen LogP contribution in [-0.2, 0) is 9.59 Å². The highest BCUT2D eigenvalue weighted by Crippen LogP contribution is 2.27. The lowest BCUT2D eigenvalue weighted by molar-refractivity contribution is -0.131. The molecule has 0 aliphatic rings. The summed E-state index contributed by atoms with van der Waals surface area (Å²) in [6.07, 6.45) is 1.29. The zero-order valence-electron chi connectivity index (χ0n) is 5.05. The van der Waals surface area contributed by atoms with Gasteiger partial charge < -0.3 is 5.11 Å². The second kappa shape index (κ2) is 3.95. The predicted octanol–water partition coefficient (Wildman–Crippen LogP) is 1.57. The molecule has 0 aromatic carbocycles. The van der Waals surface area contributed by atoms with E-state index < -0.39 is 15.5 Å². The summed E-state index contributed by atoms with van der Waals surface area (Å²) in [6, 6.07) is 0. The summed E-state index contributed by atoms with van der Waals surface area (Å²) in [5.74, 6) is -2.16. The maximum Gasteiger partial charge on any atom is 0.328 e. The van der Waals surface area contributed by atoms with Gasteiger partial charge in [-0.3, -0.25) is 4.79 Å². The van der Waals surface area contributed by atoms with E-state index in [1.165, 1.54) is 0 Å². The molecule has 0 amide bonds. The van der Waals surface area contributed by atoms with Crippen LogP contribution in [0, 0.1) is 0 Å². The van der Waals surface area contributed by atoms with Crippen LogP contribution >= 0.6 is 34.8 Å². The molecule has 11 heavy (non-hydrogen) atoms. The summed E-state index contributed by atoms with van der Waals surface area (Å²) < 4.78 is -2.08. The zero-order valence-corrected chi connectivity index (χ0v) is 7.32. The van der Waals surface area contributed by atoms with Crippen LogP contribution in [0.1, 0.15) is 0 Å². The van der Waals surface area contributed by atoms with Crippen LogP contribution < -0.4 is 0 Å². The van der Waals surface area contributed by atoms with E-state index in [2.05, 4.69) is 0 Å². The smallest absolute Gasteiger partial charge is 0.328 e. The molecule has 0 rings (SSSR count). The first kappa shape index (κ1) is 10.8. The molecular formula is C5H3Cl3O3. The van der Waals surface area contributed by atoms with Gasteiger partial charge in [-0.1, -0.05) is 34.8 Å². The van der Waals surface area contributed by atoms with Gasteiger partial charge in [0.15, 0.2) is 0 Å². The van der Waals surface area contributed by atoms with E-state index in [0.717, 1.165) is 0 Å². The molecule has 0 aromatic rings. The number of carboxylic acids is 1. The van der Waals surface area contributed by atoms with Crippen LogP contribution in [0.3, 0.4) is 0 Å². The van der Waals surface area contributed by atoms with Crippen molar-refractivity contribution < 1.29 is 14.7 Å². The Morgan fingerprint density at radius 3 is 1.91 bits per heavy atom. The van der Waals surface area contributed by atoms with E-state index in [-0.39, 0.29) is 0 Å². The number of ketones is 1. The monoisotopic (exact) mass is 216 g/mol. The second-order valence-corrected chi connectivity index (χ2v) is 3.81. The predicted molar refractivity (Wildman–Crippen MR) is 42.1 cm³/mol. The minimum atomic E-state index is -2.08. The fourth-order valence-electron chi connectivity index (χ4n) is 0.241. The molecule has 0 saturated heterocycles. The fraction of sp³-hybridized carbons (Fsp3) is 0.200. The Balaban J connectivity index is 4.20. The average molecular weight is 217 g/mol. The van der Waals surface area contributed by atoms with Crippen molar-refractivity contribution in [2.45, 2.75) is 3.79 Å². The minimum Gasteiger partial charge on any atom is -0.478 e. The molecule has 0 aromatic heterocycles. The molecule has 3 nitrogen and oxygen atoms in total. The third-order valence-electron chi connectivity index (χ3n) is 0.657. The Kier molecular flexibility index (Phi) is 3.86. The van der Waals surface area contributed by atoms with Crippen molar-refractivity contribution in [1.29, 1.82) is 0 Å². The largest absolute Gasteiger partial charge is 0.478 e. The maximum absolute atomic E-state index is 10.6. The molecule has 0 unspecified atom stereocenters. The fourth-order valence-corrected chi connectivity index (χ4v) is 0.430. The molecule has 62 valence electrons. The first-order valence-corrected chi connectivity index (χ1v) is 3.49. The molecule has 0 bridgehead atoms. The van der Waals surface area contributed by atoms with E-state index in [0.29, 0.717) is 12.2 Å². The van der Waals surface area contributed by atoms with Gasteiger partial charge in [0, 0.05) is 6.08 Å². The third-order valence-corrected chi connectivity index (χ3v) is 1.22. The Morgan fingerprint density at radius 2 is 1.64 bits per heavy atom. The van der Waals surface area contributed by atoms with Crippen molar-refractivity contribution in [3.8, 4) is 0 Å². The number of alkyl halides is 3. The van der Waals surface area contributed by atoms with Gasteiger partial charge in [-0.15, -0.1) is 0 Å². The molecule has 0 fully saturated rings. The van der Waals surface area contributed by atoms with Crippen molar-refractivity contribution in [3.63, 3.8) is 0 Å². The number of hydrogen-bond acceptors (Lipinski definition) is 2. The van der Waals surface area contributed by atoms with E-state index in [1.807, 2.05) is 0 Å². The molecule has 6 heteroatoms. The van der Waals surface area contributed by atoms with Gasteiger partial charge in [-0.05, 0) is 6.08 Å². The molecular weight excluding hydrogens is 214 g/mol. The van der Waals surface area contributed by atoms with Crippen molar-refractivity contribution in [2.75, 3.05) is 0 Å². The zero-order chi connectivity index (χ0) is 9.07. The minimum absolute atomic E-state index is 0.601. The van der Waals surface area contributed by atoms with Gasteiger partial charge in [0.25, 0.3) is 3.79 Å². The van der Waals surface area contributed by atoms with Crippen molar-refractivity contribution in [1.82, 2.24) is 0 Å². The normalized spacial score (nSPS) is 11.9. The lowest BCUT2D eigenvalue weighted by Gasteiger charge is -2.03. The molecule has 0 radical (unpaired) electrons. The molecule has 0 aliphatic heterocycles. The summed E-state index contributed by atoms with van der Waals surface area (Å²) >= 11 is 15.3. The van der Waals surface area contributed by atoms with Gasteiger partial charge in [0.2, 0.25) is 5.78 Å². The topological polar surface area (TPSA) is 54.4 Å². The first-order chi connectivity index (χ1) is 4.84. The molecule has 0 atom stereocenters. The van der Waals surface area contributed by atoms with Crippen molar-refractivity contribution in [2.24, 2.45) is 0 Å². The Labute approximate surface area is 77.5 Å². The highest BCUT2D eigenvalue weighted by Gasteiger charge is 2.27. The van der Waals surface area contributed by atoms with E-state index >= 15 is 0 Å². The van der Waals surface area contributed by atoms with Crippen LogP contribution in [-0.4, -0.2) is 20.7 Å². The summed E-state index contributed by atoms with van der Waals surface area (Å²) in [6.45, 7) is 0. The Bertz CT molecular complexity index is 204. The maximum atomic E-state index is 10.6. The molecule has 0 aliphatic carbocycles. The Hall–Kier alpha value is -0.250. The number of hydrogen-bond donors (Lipinski definition) is 1. The number of allylic oxidation sites excluding steroid dienone is 1. The number of aliphatic carboxylic acids is 1. The molecule has 0 spiro atoms. The quantitative estimate of drug-likeness (QED) is 0.564. The number of halogens is 3. The third kappa shape index (κ3) is 5.07. The molecule has 0 heterocycles. The van der Waals surface area contributed by atoms with Crippen molar-refractivity contribution in [3.05, 3.63) is 12.2 Å². The van der Waals surface area contributed by atoms with Crippen LogP contribution in [0.15, 0.2) is 12.2 Å². The van der Waals surface area contributed by atoms with Gasteiger partial charge in [0.1, 0.15) is 0 Å². The second-order valence-electron chi connectivity index (χ2n) is 1.53. The number of carbonyl (C=O) groups is 2. The standard InChI is InChI=1S/C5H3Cl3O3/c6-5(7,8)3(9)1-2-4(10)11/h1-2H,(H,10,11)/b2-1+. The van der Waals surface area contributed by atoms with Crippen molar-refractivity contribution >= 4 is 46.6 Å². The van der Waals surface area contributed by atoms with Gasteiger partial charge in [-0.2, -0.15) is 0 Å². The van der Waals surface area contributed by atoms with Crippen LogP contribution in [0.25, 0.3) is 0 Å². The Morgan fingerprint density at radius 1 is 1.18 bits per heavy atom. The number of rotatable bonds is 2. The highest BCUT2D eigenvalue weighted by molar-refractivity contribution is 6.77. The van der Waals surface area contributed by atoms with E-state index in [9.17, 15) is 9.59 Å². The van der Waals surface area contributed by atoms with E-state index in [4.69, 9.17) is 39.9 Å².